The van der Waals surface area contributed by atoms with Crippen molar-refractivity contribution >= 4 is 17.5 Å². The summed E-state index contributed by atoms with van der Waals surface area (Å²) >= 11 is 5.90. The first-order valence-corrected chi connectivity index (χ1v) is 8.50. The summed E-state index contributed by atoms with van der Waals surface area (Å²) in [7, 11) is 0. The molecule has 1 N–H and O–H groups in total. The first-order chi connectivity index (χ1) is 12.9. The first kappa shape index (κ1) is 22.0. The van der Waals surface area contributed by atoms with Gasteiger partial charge in [0.2, 0.25) is 0 Å². The predicted molar refractivity (Wildman–Crippen MR) is 91.1 cm³/mol. The summed E-state index contributed by atoms with van der Waals surface area (Å²) in [6.07, 6.45) is -8.33. The molecule has 2 rings (SSSR count). The van der Waals surface area contributed by atoms with Gasteiger partial charge < -0.3 is 5.32 Å². The summed E-state index contributed by atoms with van der Waals surface area (Å²) in [6.45, 7) is 1.55. The Morgan fingerprint density at radius 2 is 1.79 bits per heavy atom. The number of benzene rings is 1. The van der Waals surface area contributed by atoms with E-state index in [9.17, 15) is 31.1 Å². The topological polar surface area (TPSA) is 42.0 Å². The normalized spacial score (nSPS) is 13.3. The molecular weight excluding hydrogens is 410 g/mol. The molecule has 0 aliphatic carbocycles. The number of hydrogen-bond acceptors (Lipinski definition) is 2. The number of nitrogens with zero attached hydrogens (tertiary/aromatic N) is 1. The minimum Gasteiger partial charge on any atom is -0.351 e. The van der Waals surface area contributed by atoms with Gasteiger partial charge in [0.05, 0.1) is 27.4 Å². The van der Waals surface area contributed by atoms with Crippen LogP contribution in [0.3, 0.4) is 0 Å². The van der Waals surface area contributed by atoms with Crippen molar-refractivity contribution in [2.24, 2.45) is 0 Å². The third-order valence-electron chi connectivity index (χ3n) is 4.06. The number of carbonyl (C=O) groups excluding carboxylic acids is 1. The second-order valence-electron chi connectivity index (χ2n) is 5.95. The van der Waals surface area contributed by atoms with Crippen molar-refractivity contribution in [1.29, 1.82) is 0 Å². The highest BCUT2D eigenvalue weighted by atomic mass is 35.5. The molecule has 1 aromatic heterocycles. The van der Waals surface area contributed by atoms with E-state index in [0.717, 1.165) is 18.2 Å². The summed E-state index contributed by atoms with van der Waals surface area (Å²) in [5.74, 6) is -1.52. The molecule has 0 saturated heterocycles. The van der Waals surface area contributed by atoms with Crippen molar-refractivity contribution in [1.82, 2.24) is 10.3 Å². The maximum Gasteiger partial charge on any atom is 0.417 e. The lowest BCUT2D eigenvalue weighted by atomic mass is 10.00. The average molecular weight is 425 g/mol. The Morgan fingerprint density at radius 1 is 1.14 bits per heavy atom. The molecule has 0 fully saturated rings. The van der Waals surface area contributed by atoms with Crippen molar-refractivity contribution in [3.8, 4) is 0 Å². The van der Waals surface area contributed by atoms with Crippen LogP contribution in [0, 0.1) is 0 Å². The van der Waals surface area contributed by atoms with Crippen molar-refractivity contribution in [2.45, 2.75) is 31.6 Å². The Labute approximate surface area is 161 Å². The van der Waals surface area contributed by atoms with Crippen LogP contribution in [0.4, 0.5) is 26.3 Å². The van der Waals surface area contributed by atoms with Gasteiger partial charge in [0.25, 0.3) is 5.91 Å². The Hall–Kier alpha value is -2.29. The quantitative estimate of drug-likeness (QED) is 0.626. The molecule has 1 atom stereocenters. The summed E-state index contributed by atoms with van der Waals surface area (Å²) in [6, 6.07) is 5.03. The van der Waals surface area contributed by atoms with Crippen molar-refractivity contribution < 1.29 is 31.1 Å². The number of halogens is 7. The molecule has 1 unspecified atom stereocenters. The van der Waals surface area contributed by atoms with Crippen LogP contribution < -0.4 is 5.32 Å². The van der Waals surface area contributed by atoms with E-state index in [1.54, 1.807) is 6.92 Å². The molecule has 1 aromatic carbocycles. The lowest BCUT2D eigenvalue weighted by Gasteiger charge is -2.18. The maximum atomic E-state index is 13.0. The van der Waals surface area contributed by atoms with Gasteiger partial charge in [0.1, 0.15) is 0 Å². The molecule has 152 valence electrons. The van der Waals surface area contributed by atoms with Gasteiger partial charge in [-0.1, -0.05) is 30.7 Å². The molecule has 0 bridgehead atoms. The molecule has 1 heterocycles. The van der Waals surface area contributed by atoms with E-state index in [4.69, 9.17) is 11.6 Å². The number of pyridine rings is 1. The third-order valence-corrected chi connectivity index (χ3v) is 4.37. The van der Waals surface area contributed by atoms with Gasteiger partial charge in [-0.3, -0.25) is 9.78 Å². The van der Waals surface area contributed by atoms with Gasteiger partial charge in [-0.05, 0) is 24.6 Å². The molecule has 0 aliphatic rings. The van der Waals surface area contributed by atoms with Crippen LogP contribution in [0.2, 0.25) is 5.02 Å². The number of alkyl halides is 6. The number of hydrogen-bond donors (Lipinski definition) is 1. The maximum absolute atomic E-state index is 13.0. The summed E-state index contributed by atoms with van der Waals surface area (Å²) < 4.78 is 77.2. The summed E-state index contributed by atoms with van der Waals surface area (Å²) in [5.41, 5.74) is -2.51. The van der Waals surface area contributed by atoms with E-state index in [-0.39, 0.29) is 17.3 Å². The Kier molecular flexibility index (Phi) is 6.59. The zero-order valence-corrected chi connectivity index (χ0v) is 15.2. The van der Waals surface area contributed by atoms with Crippen LogP contribution >= 0.6 is 11.6 Å². The summed E-state index contributed by atoms with van der Waals surface area (Å²) in [4.78, 5) is 16.0. The van der Waals surface area contributed by atoms with Crippen LogP contribution in [0.15, 0.2) is 36.5 Å². The zero-order valence-electron chi connectivity index (χ0n) is 14.5. The molecule has 0 radical (unpaired) electrons. The molecule has 3 nitrogen and oxygen atoms in total. The molecule has 10 heteroatoms. The van der Waals surface area contributed by atoms with E-state index in [1.807, 2.05) is 0 Å². The van der Waals surface area contributed by atoms with E-state index in [1.165, 1.54) is 12.1 Å². The molecule has 0 aliphatic heterocycles. The van der Waals surface area contributed by atoms with Crippen LogP contribution in [-0.2, 0) is 12.4 Å². The van der Waals surface area contributed by atoms with E-state index in [2.05, 4.69) is 10.3 Å². The SMILES string of the molecule is CCC(CNC(=O)c1ccccc1C(F)(F)F)c1ncc(C(F)(F)F)cc1Cl. The van der Waals surface area contributed by atoms with Gasteiger partial charge in [0, 0.05) is 18.7 Å². The van der Waals surface area contributed by atoms with E-state index >= 15 is 0 Å². The smallest absolute Gasteiger partial charge is 0.351 e. The Morgan fingerprint density at radius 3 is 2.32 bits per heavy atom. The third kappa shape index (κ3) is 5.15. The van der Waals surface area contributed by atoms with Gasteiger partial charge >= 0.3 is 12.4 Å². The van der Waals surface area contributed by atoms with E-state index in [0.29, 0.717) is 12.6 Å². The first-order valence-electron chi connectivity index (χ1n) is 8.12. The zero-order chi connectivity index (χ0) is 21.1. The van der Waals surface area contributed by atoms with Crippen LogP contribution in [0.1, 0.15) is 46.4 Å². The highest BCUT2D eigenvalue weighted by molar-refractivity contribution is 6.31. The van der Waals surface area contributed by atoms with Gasteiger partial charge in [-0.15, -0.1) is 0 Å². The Bertz CT molecular complexity index is 851. The highest BCUT2D eigenvalue weighted by Gasteiger charge is 2.35. The minimum absolute atomic E-state index is 0.126. The highest BCUT2D eigenvalue weighted by Crippen LogP contribution is 2.34. The minimum atomic E-state index is -4.70. The molecule has 0 saturated carbocycles. The second kappa shape index (κ2) is 8.38. The van der Waals surface area contributed by atoms with Gasteiger partial charge in [-0.2, -0.15) is 26.3 Å². The number of amides is 1. The predicted octanol–water partition coefficient (Wildman–Crippen LogP) is 5.70. The largest absolute Gasteiger partial charge is 0.417 e. The average Bonchev–Trinajstić information content (AvgIpc) is 2.61. The van der Waals surface area contributed by atoms with Crippen molar-refractivity contribution in [3.63, 3.8) is 0 Å². The number of aromatic nitrogens is 1. The fourth-order valence-corrected chi connectivity index (χ4v) is 2.90. The lowest BCUT2D eigenvalue weighted by molar-refractivity contribution is -0.138. The second-order valence-corrected chi connectivity index (χ2v) is 6.35. The monoisotopic (exact) mass is 424 g/mol. The van der Waals surface area contributed by atoms with Crippen LogP contribution in [-0.4, -0.2) is 17.4 Å². The number of carbonyl (C=O) groups is 1. The number of rotatable bonds is 5. The van der Waals surface area contributed by atoms with Crippen molar-refractivity contribution in [3.05, 3.63) is 63.9 Å². The van der Waals surface area contributed by atoms with Crippen molar-refractivity contribution in [2.75, 3.05) is 6.54 Å². The molecule has 1 amide bonds. The number of nitrogens with one attached hydrogen (secondary N) is 1. The summed E-state index contributed by atoms with van der Waals surface area (Å²) in [5, 5.41) is 2.14. The van der Waals surface area contributed by atoms with Gasteiger partial charge in [0.15, 0.2) is 0 Å². The standard InChI is InChI=1S/C18H15ClF6N2O/c1-2-10(15-14(19)7-11(9-26-15)17(20,21)22)8-27-16(28)12-5-3-4-6-13(12)18(23,24)25/h3-7,9-10H,2,8H2,1H3,(H,27,28). The van der Waals surface area contributed by atoms with Crippen LogP contribution in [0.25, 0.3) is 0 Å². The molecule has 2 aromatic rings. The van der Waals surface area contributed by atoms with Crippen LogP contribution in [0.5, 0.6) is 0 Å². The fraction of sp³-hybridized carbons (Fsp3) is 0.333. The Balaban J connectivity index is 2.18. The fourth-order valence-electron chi connectivity index (χ4n) is 2.58. The molecule has 0 spiro atoms. The lowest BCUT2D eigenvalue weighted by Crippen LogP contribution is -2.30. The van der Waals surface area contributed by atoms with Gasteiger partial charge in [-0.25, -0.2) is 0 Å². The van der Waals surface area contributed by atoms with E-state index < -0.39 is 40.9 Å². The molecular formula is C18H15ClF6N2O. The molecule has 28 heavy (non-hydrogen) atoms.